The molecule has 0 aromatic rings. The van der Waals surface area contributed by atoms with Crippen molar-refractivity contribution in [2.24, 2.45) is 46.3 Å². The number of hydrogen-bond donors (Lipinski definition) is 0. The first-order chi connectivity index (χ1) is 13.7. The summed E-state index contributed by atoms with van der Waals surface area (Å²) in [7, 11) is 0. The highest BCUT2D eigenvalue weighted by Crippen LogP contribution is 2.68. The highest BCUT2D eigenvalue weighted by molar-refractivity contribution is 9.09. The van der Waals surface area contributed by atoms with E-state index >= 15 is 0 Å². The molecule has 29 heavy (non-hydrogen) atoms. The summed E-state index contributed by atoms with van der Waals surface area (Å²) >= 11 is 4.13. The van der Waals surface area contributed by atoms with Gasteiger partial charge in [0.1, 0.15) is 0 Å². The molecule has 1 radical (unpaired) electrons. The lowest BCUT2D eigenvalue weighted by Gasteiger charge is -2.59. The Kier molecular flexibility index (Phi) is 6.38. The van der Waals surface area contributed by atoms with E-state index in [4.69, 9.17) is 0 Å². The molecule has 0 saturated heterocycles. The van der Waals surface area contributed by atoms with Crippen molar-refractivity contribution in [3.63, 3.8) is 0 Å². The van der Waals surface area contributed by atoms with Crippen LogP contribution in [0.2, 0.25) is 0 Å². The Balaban J connectivity index is 1.54. The topological polar surface area (TPSA) is 19.9 Å². The fourth-order valence-corrected chi connectivity index (χ4v) is 9.65. The molecule has 0 spiro atoms. The minimum absolute atomic E-state index is 0.304. The van der Waals surface area contributed by atoms with Gasteiger partial charge in [0, 0.05) is 4.83 Å². The van der Waals surface area contributed by atoms with Crippen LogP contribution in [-0.2, 0) is 5.11 Å². The standard InChI is InChI=1S/C27H44BrO/c1-17(2)7-6-8-18(3)21-9-10-22-25-23(12-14-27(21,22)5)26(4)13-11-20(29)15-19(26)16-24(25)28/h16-18,20-25H,6-15H2,1-5H3/t18-,20+,21-,22+,23+,24?,25+,26+,27-/m1/s1. The molecule has 165 valence electrons. The van der Waals surface area contributed by atoms with Gasteiger partial charge in [-0.15, -0.1) is 0 Å². The molecule has 2 heteroatoms. The third-order valence-corrected chi connectivity index (χ3v) is 11.1. The SMILES string of the molecule is CC(C)CCC[C@@H](C)[C@H]1CC[C@H]2[C@@H]3C(Br)C=C4C[C@@H]([O])CC[C@]4(C)[C@H]3CC[C@]12C. The molecule has 0 bridgehead atoms. The normalized spacial score (nSPS) is 47.9. The molecule has 4 aliphatic carbocycles. The van der Waals surface area contributed by atoms with Crippen LogP contribution in [0.1, 0.15) is 98.8 Å². The third-order valence-electron chi connectivity index (χ3n) is 10.2. The maximum Gasteiger partial charge on any atom is 0.0967 e. The molecule has 4 rings (SSSR count). The Morgan fingerprint density at radius 1 is 1.03 bits per heavy atom. The predicted octanol–water partition coefficient (Wildman–Crippen LogP) is 8.20. The Hall–Kier alpha value is 0.180. The second kappa shape index (κ2) is 8.27. The van der Waals surface area contributed by atoms with E-state index in [1.54, 1.807) is 0 Å². The smallest absolute Gasteiger partial charge is 0.0967 e. The average Bonchev–Trinajstić information content (AvgIpc) is 3.00. The maximum absolute atomic E-state index is 12.2. The van der Waals surface area contributed by atoms with E-state index in [0.29, 0.717) is 15.7 Å². The molecule has 1 unspecified atom stereocenters. The largest absolute Gasteiger partial charge is 0.233 e. The molecular formula is C27H44BrO. The summed E-state index contributed by atoms with van der Waals surface area (Å²) in [5, 5.41) is 12.2. The van der Waals surface area contributed by atoms with Gasteiger partial charge in [-0.2, -0.15) is 0 Å². The molecule has 3 saturated carbocycles. The van der Waals surface area contributed by atoms with E-state index < -0.39 is 0 Å². The van der Waals surface area contributed by atoms with Crippen molar-refractivity contribution in [3.8, 4) is 0 Å². The van der Waals surface area contributed by atoms with Gasteiger partial charge >= 0.3 is 0 Å². The minimum Gasteiger partial charge on any atom is -0.233 e. The van der Waals surface area contributed by atoms with Crippen LogP contribution in [0.15, 0.2) is 11.6 Å². The predicted molar refractivity (Wildman–Crippen MR) is 126 cm³/mol. The molecule has 0 amide bonds. The van der Waals surface area contributed by atoms with E-state index in [9.17, 15) is 5.11 Å². The fourth-order valence-electron chi connectivity index (χ4n) is 8.59. The summed E-state index contributed by atoms with van der Waals surface area (Å²) in [5.74, 6) is 5.05. The van der Waals surface area contributed by atoms with E-state index in [2.05, 4.69) is 56.6 Å². The average molecular weight is 465 g/mol. The lowest BCUT2D eigenvalue weighted by molar-refractivity contribution is -0.0595. The molecule has 1 nitrogen and oxygen atoms in total. The van der Waals surface area contributed by atoms with Gasteiger partial charge < -0.3 is 0 Å². The zero-order valence-electron chi connectivity index (χ0n) is 19.6. The van der Waals surface area contributed by atoms with E-state index in [0.717, 1.165) is 54.8 Å². The van der Waals surface area contributed by atoms with Crippen molar-refractivity contribution in [2.45, 2.75) is 110 Å². The Bertz CT molecular complexity index is 626. The van der Waals surface area contributed by atoms with Crippen LogP contribution in [0.5, 0.6) is 0 Å². The zero-order valence-corrected chi connectivity index (χ0v) is 21.1. The summed E-state index contributed by atoms with van der Waals surface area (Å²) < 4.78 is 0. The van der Waals surface area contributed by atoms with Crippen LogP contribution in [0.3, 0.4) is 0 Å². The Morgan fingerprint density at radius 2 is 1.79 bits per heavy atom. The maximum atomic E-state index is 12.2. The summed E-state index contributed by atoms with van der Waals surface area (Å²) in [4.78, 5) is 0.487. The van der Waals surface area contributed by atoms with Gasteiger partial charge in [0.15, 0.2) is 0 Å². The summed E-state index contributed by atoms with van der Waals surface area (Å²) in [6, 6.07) is 0. The summed E-state index contributed by atoms with van der Waals surface area (Å²) in [6.45, 7) is 12.5. The first kappa shape index (κ1) is 22.4. The molecule has 4 aliphatic rings. The number of hydrogen-bond acceptors (Lipinski definition) is 0. The fraction of sp³-hybridized carbons (Fsp3) is 0.926. The van der Waals surface area contributed by atoms with Crippen molar-refractivity contribution in [1.29, 1.82) is 0 Å². The Morgan fingerprint density at radius 3 is 2.52 bits per heavy atom. The molecule has 9 atom stereocenters. The van der Waals surface area contributed by atoms with Gasteiger partial charge in [0.2, 0.25) is 0 Å². The lowest BCUT2D eigenvalue weighted by atomic mass is 9.47. The van der Waals surface area contributed by atoms with Crippen molar-refractivity contribution < 1.29 is 5.11 Å². The number of fused-ring (bicyclic) bond motifs is 5. The third kappa shape index (κ3) is 3.81. The van der Waals surface area contributed by atoms with Crippen LogP contribution >= 0.6 is 15.9 Å². The van der Waals surface area contributed by atoms with Crippen LogP contribution < -0.4 is 0 Å². The Labute approximate surface area is 188 Å². The number of allylic oxidation sites excluding steroid dienone is 1. The summed E-state index contributed by atoms with van der Waals surface area (Å²) in [5.41, 5.74) is 2.34. The zero-order chi connectivity index (χ0) is 21.0. The lowest BCUT2D eigenvalue weighted by Crippen LogP contribution is -2.53. The second-order valence-corrected chi connectivity index (χ2v) is 13.3. The molecule has 3 fully saturated rings. The monoisotopic (exact) mass is 463 g/mol. The van der Waals surface area contributed by atoms with E-state index in [-0.39, 0.29) is 6.10 Å². The first-order valence-corrected chi connectivity index (χ1v) is 13.6. The highest BCUT2D eigenvalue weighted by atomic mass is 79.9. The second-order valence-electron chi connectivity index (χ2n) is 12.2. The van der Waals surface area contributed by atoms with Crippen LogP contribution in [0.4, 0.5) is 0 Å². The molecule has 0 N–H and O–H groups in total. The molecule has 0 aromatic carbocycles. The van der Waals surface area contributed by atoms with Gasteiger partial charge in [-0.25, -0.2) is 5.11 Å². The van der Waals surface area contributed by atoms with Gasteiger partial charge in [0.05, 0.1) is 6.10 Å². The summed E-state index contributed by atoms with van der Waals surface area (Å²) in [6.07, 6.45) is 14.9. The van der Waals surface area contributed by atoms with Crippen molar-refractivity contribution in [1.82, 2.24) is 0 Å². The van der Waals surface area contributed by atoms with E-state index in [1.165, 1.54) is 50.5 Å². The van der Waals surface area contributed by atoms with Crippen molar-refractivity contribution >= 4 is 15.9 Å². The van der Waals surface area contributed by atoms with Crippen LogP contribution in [0.25, 0.3) is 0 Å². The number of alkyl halides is 1. The highest BCUT2D eigenvalue weighted by Gasteiger charge is 2.60. The molecule has 0 aromatic heterocycles. The molecule has 0 aliphatic heterocycles. The van der Waals surface area contributed by atoms with Crippen molar-refractivity contribution in [3.05, 3.63) is 11.6 Å². The van der Waals surface area contributed by atoms with E-state index in [1.807, 2.05) is 0 Å². The molecule has 0 heterocycles. The van der Waals surface area contributed by atoms with Crippen LogP contribution in [0, 0.1) is 46.3 Å². The number of halogens is 1. The van der Waals surface area contributed by atoms with Gasteiger partial charge in [-0.05, 0) is 91.3 Å². The van der Waals surface area contributed by atoms with Gasteiger partial charge in [-0.3, -0.25) is 0 Å². The van der Waals surface area contributed by atoms with Gasteiger partial charge in [0.25, 0.3) is 0 Å². The van der Waals surface area contributed by atoms with Crippen molar-refractivity contribution in [2.75, 3.05) is 0 Å². The minimum atomic E-state index is -0.359. The van der Waals surface area contributed by atoms with Crippen LogP contribution in [-0.4, -0.2) is 10.9 Å². The molecular weight excluding hydrogens is 420 g/mol. The van der Waals surface area contributed by atoms with Gasteiger partial charge in [-0.1, -0.05) is 81.5 Å². The quantitative estimate of drug-likeness (QED) is 0.289. The number of rotatable bonds is 5. The first-order valence-electron chi connectivity index (χ1n) is 12.7.